The maximum atomic E-state index is 13.7. The van der Waals surface area contributed by atoms with Gasteiger partial charge in [0, 0.05) is 11.8 Å². The summed E-state index contributed by atoms with van der Waals surface area (Å²) in [5.74, 6) is -3.13. The number of halogens is 8. The quantitative estimate of drug-likeness (QED) is 0.314. The van der Waals surface area contributed by atoms with E-state index in [1.165, 1.54) is 31.2 Å². The highest BCUT2D eigenvalue weighted by atomic mass is 19.4. The van der Waals surface area contributed by atoms with Gasteiger partial charge in [-0.3, -0.25) is 14.2 Å². The highest BCUT2D eigenvalue weighted by molar-refractivity contribution is 5.92. The van der Waals surface area contributed by atoms with Crippen molar-refractivity contribution in [1.82, 2.24) is 9.55 Å². The van der Waals surface area contributed by atoms with Crippen molar-refractivity contribution in [3.8, 4) is 5.69 Å². The van der Waals surface area contributed by atoms with Crippen molar-refractivity contribution in [3.05, 3.63) is 99.1 Å². The van der Waals surface area contributed by atoms with Crippen molar-refractivity contribution in [2.75, 3.05) is 5.32 Å². The largest absolute Gasteiger partial charge is 0.416 e. The molecule has 1 N–H and O–H groups in total. The number of aromatic nitrogens is 2. The van der Waals surface area contributed by atoms with Gasteiger partial charge in [0.2, 0.25) is 5.91 Å². The first-order valence-electron chi connectivity index (χ1n) is 10.7. The summed E-state index contributed by atoms with van der Waals surface area (Å²) in [4.78, 5) is 29.4. The van der Waals surface area contributed by atoms with Crippen LogP contribution in [0.2, 0.25) is 0 Å². The third-order valence-corrected chi connectivity index (χ3v) is 5.50. The average Bonchev–Trinajstić information content (AvgIpc) is 2.80. The summed E-state index contributed by atoms with van der Waals surface area (Å²) < 4.78 is 107. The van der Waals surface area contributed by atoms with E-state index in [1.807, 2.05) is 0 Å². The van der Waals surface area contributed by atoms with Crippen LogP contribution in [0.5, 0.6) is 0 Å². The van der Waals surface area contributed by atoms with E-state index in [2.05, 4.69) is 10.3 Å². The van der Waals surface area contributed by atoms with Crippen LogP contribution in [0.4, 0.5) is 40.8 Å². The van der Waals surface area contributed by atoms with Gasteiger partial charge in [0.25, 0.3) is 5.56 Å². The molecule has 1 heterocycles. The van der Waals surface area contributed by atoms with E-state index in [4.69, 9.17) is 0 Å². The number of amides is 1. The van der Waals surface area contributed by atoms with Crippen LogP contribution in [-0.4, -0.2) is 15.5 Å². The van der Waals surface area contributed by atoms with Crippen molar-refractivity contribution in [1.29, 1.82) is 0 Å². The van der Waals surface area contributed by atoms with Crippen molar-refractivity contribution in [3.63, 3.8) is 0 Å². The lowest BCUT2D eigenvalue weighted by atomic mass is 10.0. The van der Waals surface area contributed by atoms with Crippen molar-refractivity contribution in [2.24, 2.45) is 0 Å². The zero-order valence-corrected chi connectivity index (χ0v) is 19.1. The predicted octanol–water partition coefficient (Wildman–Crippen LogP) is 6.19. The van der Waals surface area contributed by atoms with Gasteiger partial charge in [0.1, 0.15) is 5.82 Å². The molecule has 3 aromatic carbocycles. The first-order valence-corrected chi connectivity index (χ1v) is 10.7. The predicted molar refractivity (Wildman–Crippen MR) is 121 cm³/mol. The number of aryl methyl sites for hydroxylation is 1. The maximum absolute atomic E-state index is 13.7. The number of carbonyl (C=O) groups excluding carboxylic acids is 1. The minimum Gasteiger partial charge on any atom is -0.326 e. The van der Waals surface area contributed by atoms with E-state index in [0.29, 0.717) is 12.1 Å². The lowest BCUT2D eigenvalue weighted by Crippen LogP contribution is -2.22. The summed E-state index contributed by atoms with van der Waals surface area (Å²) in [5.41, 5.74) is -3.91. The van der Waals surface area contributed by atoms with Crippen molar-refractivity contribution in [2.45, 2.75) is 25.7 Å². The molecule has 0 saturated carbocycles. The first kappa shape index (κ1) is 26.8. The SMILES string of the molecule is Cc1nc2cc(F)c(F)cc2c(=O)n1-c1ccc(NC(=O)Cc2cc(C(F)(F)F)cc(C(F)(F)F)c2)cc1. The third-order valence-electron chi connectivity index (χ3n) is 5.50. The highest BCUT2D eigenvalue weighted by Gasteiger charge is 2.37. The average molecular weight is 541 g/mol. The van der Waals surface area contributed by atoms with Gasteiger partial charge in [-0.05, 0) is 61.0 Å². The van der Waals surface area contributed by atoms with Gasteiger partial charge in [-0.2, -0.15) is 26.3 Å². The van der Waals surface area contributed by atoms with Crippen molar-refractivity contribution >= 4 is 22.5 Å². The number of hydrogen-bond donors (Lipinski definition) is 1. The number of rotatable bonds is 4. The van der Waals surface area contributed by atoms with E-state index in [-0.39, 0.29) is 34.2 Å². The maximum Gasteiger partial charge on any atom is 0.416 e. The Morgan fingerprint density at radius 2 is 1.42 bits per heavy atom. The molecule has 0 unspecified atom stereocenters. The molecule has 0 aliphatic rings. The number of benzene rings is 3. The Balaban J connectivity index is 1.57. The Hall–Kier alpha value is -4.29. The van der Waals surface area contributed by atoms with Gasteiger partial charge >= 0.3 is 12.4 Å². The first-order chi connectivity index (χ1) is 17.6. The molecule has 13 heteroatoms. The van der Waals surface area contributed by atoms with Crippen molar-refractivity contribution < 1.29 is 39.9 Å². The molecule has 0 radical (unpaired) electrons. The normalized spacial score (nSPS) is 12.1. The lowest BCUT2D eigenvalue weighted by molar-refractivity contribution is -0.143. The second-order valence-electron chi connectivity index (χ2n) is 8.27. The summed E-state index contributed by atoms with van der Waals surface area (Å²) in [6, 6.07) is 7.85. The number of hydrogen-bond acceptors (Lipinski definition) is 3. The molecule has 0 atom stereocenters. The second kappa shape index (κ2) is 9.54. The zero-order chi connectivity index (χ0) is 28.0. The van der Waals surface area contributed by atoms with E-state index in [1.54, 1.807) is 0 Å². The number of nitrogens with one attached hydrogen (secondary N) is 1. The zero-order valence-electron chi connectivity index (χ0n) is 19.1. The van der Waals surface area contributed by atoms with E-state index in [9.17, 15) is 44.7 Å². The van der Waals surface area contributed by atoms with E-state index < -0.39 is 58.6 Å². The van der Waals surface area contributed by atoms with Gasteiger partial charge in [-0.1, -0.05) is 0 Å². The molecule has 1 aromatic heterocycles. The molecule has 1 amide bonds. The number of nitrogens with zero attached hydrogens (tertiary/aromatic N) is 2. The third kappa shape index (κ3) is 5.50. The minimum absolute atomic E-state index is 0.0312. The number of anilines is 1. The summed E-state index contributed by atoms with van der Waals surface area (Å²) in [7, 11) is 0. The second-order valence-corrected chi connectivity index (χ2v) is 8.27. The molecule has 0 aliphatic carbocycles. The molecular weight excluding hydrogens is 526 g/mol. The fourth-order valence-electron chi connectivity index (χ4n) is 3.80. The van der Waals surface area contributed by atoms with Crippen LogP contribution in [0.25, 0.3) is 16.6 Å². The fourth-order valence-corrected chi connectivity index (χ4v) is 3.80. The minimum atomic E-state index is -5.05. The molecule has 0 fully saturated rings. The number of carbonyl (C=O) groups is 1. The molecule has 38 heavy (non-hydrogen) atoms. The van der Waals surface area contributed by atoms with Gasteiger partial charge in [-0.25, -0.2) is 13.8 Å². The van der Waals surface area contributed by atoms with E-state index in [0.717, 1.165) is 16.7 Å². The van der Waals surface area contributed by atoms with Crippen LogP contribution < -0.4 is 10.9 Å². The van der Waals surface area contributed by atoms with Crippen LogP contribution in [0.1, 0.15) is 22.5 Å². The Kier molecular flexibility index (Phi) is 6.72. The van der Waals surface area contributed by atoms with Gasteiger partial charge < -0.3 is 5.32 Å². The van der Waals surface area contributed by atoms with Gasteiger partial charge in [0.05, 0.1) is 34.1 Å². The summed E-state index contributed by atoms with van der Waals surface area (Å²) in [5, 5.41) is 2.19. The monoisotopic (exact) mass is 541 g/mol. The molecule has 0 aliphatic heterocycles. The molecule has 0 saturated heterocycles. The van der Waals surface area contributed by atoms with Gasteiger partial charge in [-0.15, -0.1) is 0 Å². The Morgan fingerprint density at radius 3 is 1.97 bits per heavy atom. The van der Waals surface area contributed by atoms with E-state index >= 15 is 0 Å². The molecule has 5 nitrogen and oxygen atoms in total. The van der Waals surface area contributed by atoms with Crippen LogP contribution in [-0.2, 0) is 23.6 Å². The smallest absolute Gasteiger partial charge is 0.326 e. The standard InChI is InChI=1S/C25H15F8N3O2/c1-12-34-21-11-20(27)19(26)10-18(21)23(38)36(12)17-4-2-16(3-5-17)35-22(37)8-13-6-14(24(28,29)30)9-15(7-13)25(31,32)33/h2-7,9-11H,8H2,1H3,(H,35,37). The van der Waals surface area contributed by atoms with Crippen LogP contribution in [0.15, 0.2) is 59.4 Å². The Bertz CT molecular complexity index is 1570. The van der Waals surface area contributed by atoms with Crippen LogP contribution in [0.3, 0.4) is 0 Å². The Morgan fingerprint density at radius 1 is 0.868 bits per heavy atom. The molecular formula is C25H15F8N3O2. The summed E-state index contributed by atoms with van der Waals surface area (Å²) >= 11 is 0. The van der Waals surface area contributed by atoms with Gasteiger partial charge in [0.15, 0.2) is 11.6 Å². The lowest BCUT2D eigenvalue weighted by Gasteiger charge is -2.14. The highest BCUT2D eigenvalue weighted by Crippen LogP contribution is 2.36. The molecule has 0 bridgehead atoms. The Labute approximate surface area is 208 Å². The summed E-state index contributed by atoms with van der Waals surface area (Å²) in [6.45, 7) is 1.46. The molecule has 198 valence electrons. The summed E-state index contributed by atoms with van der Waals surface area (Å²) in [6.07, 6.45) is -10.9. The van der Waals surface area contributed by atoms with Crippen LogP contribution in [0, 0.1) is 18.6 Å². The molecule has 4 aromatic rings. The molecule has 4 rings (SSSR count). The molecule has 0 spiro atoms. The van der Waals surface area contributed by atoms with Crippen LogP contribution >= 0.6 is 0 Å². The fraction of sp³-hybridized carbons (Fsp3) is 0.160. The number of fused-ring (bicyclic) bond motifs is 1. The topological polar surface area (TPSA) is 64.0 Å². The number of alkyl halides is 6.